The maximum Gasteiger partial charge on any atom is 0.182 e. The average Bonchev–Trinajstić information content (AvgIpc) is 2.28. The van der Waals surface area contributed by atoms with Crippen LogP contribution < -0.4 is 4.74 Å². The highest BCUT2D eigenvalue weighted by Crippen LogP contribution is 2.26. The highest BCUT2D eigenvalue weighted by Gasteiger charge is 1.99. The van der Waals surface area contributed by atoms with Crippen LogP contribution in [-0.4, -0.2) is 12.7 Å². The van der Waals surface area contributed by atoms with E-state index < -0.39 is 0 Å². The second kappa shape index (κ2) is 3.88. The summed E-state index contributed by atoms with van der Waals surface area (Å²) in [6, 6.07) is 7.53. The lowest BCUT2D eigenvalue weighted by molar-refractivity contribution is 0.578. The van der Waals surface area contributed by atoms with Gasteiger partial charge in [-0.05, 0) is 12.1 Å². The first-order valence-electron chi connectivity index (χ1n) is 3.27. The van der Waals surface area contributed by atoms with Gasteiger partial charge in [-0.1, -0.05) is 12.1 Å². The molecule has 1 aromatic rings. The molecule has 0 radical (unpaired) electrons. The molecule has 0 aromatic heterocycles. The van der Waals surface area contributed by atoms with Crippen molar-refractivity contribution in [3.63, 3.8) is 0 Å². The summed E-state index contributed by atoms with van der Waals surface area (Å²) in [5.41, 5.74) is 0.810. The molecular weight excluding hydrogens is 176 g/mol. The number of aliphatic imine (C=N–C) groups is 2. The fraction of sp³-hybridized carbons (Fsp3) is 0. The van der Waals surface area contributed by atoms with Crippen molar-refractivity contribution in [3.8, 4) is 5.75 Å². The van der Waals surface area contributed by atoms with Crippen LogP contribution in [0.15, 0.2) is 34.3 Å². The zero-order chi connectivity index (χ0) is 7.52. The number of hydrogen-bond acceptors (Lipinski definition) is 3. The minimum absolute atomic E-state index is 0. The number of fused-ring (bicyclic) bond motifs is 1. The first-order valence-corrected chi connectivity index (χ1v) is 3.27. The number of halogens is 1. The van der Waals surface area contributed by atoms with Gasteiger partial charge >= 0.3 is 0 Å². The van der Waals surface area contributed by atoms with Gasteiger partial charge in [0.2, 0.25) is 0 Å². The largest absolute Gasteiger partial charge is 0.443 e. The third-order valence-corrected chi connectivity index (χ3v) is 1.37. The standard InChI is InChI=1S/C8H6N2O.ClH/c1-2-4-8-7(3-1)10-5-9-6-11-8;/h1-6H;1H. The van der Waals surface area contributed by atoms with Crippen LogP contribution in [-0.2, 0) is 0 Å². The Morgan fingerprint density at radius 3 is 2.92 bits per heavy atom. The molecule has 1 aliphatic heterocycles. The Hall–Kier alpha value is -1.35. The Kier molecular flexibility index (Phi) is 2.82. The van der Waals surface area contributed by atoms with Crippen molar-refractivity contribution < 1.29 is 4.74 Å². The maximum absolute atomic E-state index is 5.13. The van der Waals surface area contributed by atoms with Crippen LogP contribution in [0.4, 0.5) is 5.69 Å². The summed E-state index contributed by atoms with van der Waals surface area (Å²) in [6.07, 6.45) is 2.83. The predicted octanol–water partition coefficient (Wildman–Crippen LogP) is 2.19. The molecule has 0 saturated carbocycles. The zero-order valence-electron chi connectivity index (χ0n) is 6.18. The molecule has 0 N–H and O–H groups in total. The number of rotatable bonds is 0. The highest BCUT2D eigenvalue weighted by molar-refractivity contribution is 5.85. The molecule has 1 heterocycles. The SMILES string of the molecule is C1=NC=Nc2ccccc2O1.Cl. The molecule has 62 valence electrons. The van der Waals surface area contributed by atoms with E-state index in [4.69, 9.17) is 4.74 Å². The van der Waals surface area contributed by atoms with Gasteiger partial charge in [0.05, 0.1) is 0 Å². The topological polar surface area (TPSA) is 34.0 Å². The fourth-order valence-corrected chi connectivity index (χ4v) is 0.873. The van der Waals surface area contributed by atoms with E-state index in [2.05, 4.69) is 9.98 Å². The van der Waals surface area contributed by atoms with Gasteiger partial charge in [0, 0.05) is 0 Å². The third kappa shape index (κ3) is 1.62. The number of nitrogens with zero attached hydrogens (tertiary/aromatic N) is 2. The van der Waals surface area contributed by atoms with E-state index in [1.807, 2.05) is 24.3 Å². The van der Waals surface area contributed by atoms with Gasteiger partial charge < -0.3 is 4.74 Å². The molecule has 12 heavy (non-hydrogen) atoms. The lowest BCUT2D eigenvalue weighted by Gasteiger charge is -1.98. The van der Waals surface area contributed by atoms with Crippen LogP contribution in [0.1, 0.15) is 0 Å². The van der Waals surface area contributed by atoms with Gasteiger partial charge in [-0.25, -0.2) is 9.98 Å². The number of benzene rings is 1. The third-order valence-electron chi connectivity index (χ3n) is 1.37. The van der Waals surface area contributed by atoms with Crippen molar-refractivity contribution in [2.75, 3.05) is 0 Å². The first kappa shape index (κ1) is 8.74. The summed E-state index contributed by atoms with van der Waals surface area (Å²) < 4.78 is 5.13. The Labute approximate surface area is 76.2 Å². The van der Waals surface area contributed by atoms with Crippen LogP contribution in [0.25, 0.3) is 0 Å². The van der Waals surface area contributed by atoms with E-state index in [9.17, 15) is 0 Å². The molecule has 0 bridgehead atoms. The highest BCUT2D eigenvalue weighted by atomic mass is 35.5. The maximum atomic E-state index is 5.13. The molecule has 3 nitrogen and oxygen atoms in total. The van der Waals surface area contributed by atoms with Gasteiger partial charge in [0.1, 0.15) is 12.0 Å². The summed E-state index contributed by atoms with van der Waals surface area (Å²) in [4.78, 5) is 7.79. The van der Waals surface area contributed by atoms with Gasteiger partial charge in [-0.15, -0.1) is 12.4 Å². The van der Waals surface area contributed by atoms with Crippen LogP contribution in [0.3, 0.4) is 0 Å². The Morgan fingerprint density at radius 2 is 2.00 bits per heavy atom. The van der Waals surface area contributed by atoms with Gasteiger partial charge in [0.25, 0.3) is 0 Å². The molecular formula is C8H7ClN2O. The van der Waals surface area contributed by atoms with Crippen LogP contribution >= 0.6 is 12.4 Å². The summed E-state index contributed by atoms with van der Waals surface area (Å²) in [5.74, 6) is 0.741. The van der Waals surface area contributed by atoms with E-state index in [0.29, 0.717) is 0 Å². The molecule has 2 rings (SSSR count). The second-order valence-corrected chi connectivity index (χ2v) is 2.08. The van der Waals surface area contributed by atoms with E-state index >= 15 is 0 Å². The molecule has 1 aromatic carbocycles. The smallest absolute Gasteiger partial charge is 0.182 e. The quantitative estimate of drug-likeness (QED) is 0.606. The van der Waals surface area contributed by atoms with Crippen LogP contribution in [0.2, 0.25) is 0 Å². The van der Waals surface area contributed by atoms with Crippen molar-refractivity contribution in [3.05, 3.63) is 24.3 Å². The van der Waals surface area contributed by atoms with Crippen molar-refractivity contribution in [2.24, 2.45) is 9.98 Å². The minimum Gasteiger partial charge on any atom is -0.443 e. The number of para-hydroxylation sites is 2. The summed E-state index contributed by atoms with van der Waals surface area (Å²) in [7, 11) is 0. The van der Waals surface area contributed by atoms with Gasteiger partial charge in [0.15, 0.2) is 12.2 Å². The van der Waals surface area contributed by atoms with Crippen molar-refractivity contribution >= 4 is 30.8 Å². The Bertz CT molecular complexity index is 323. The van der Waals surface area contributed by atoms with Crippen molar-refractivity contribution in [1.29, 1.82) is 0 Å². The molecule has 4 heteroatoms. The molecule has 0 unspecified atom stereocenters. The molecule has 0 aliphatic carbocycles. The molecule has 0 atom stereocenters. The fourth-order valence-electron chi connectivity index (χ4n) is 0.873. The van der Waals surface area contributed by atoms with Gasteiger partial charge in [-0.3, -0.25) is 0 Å². The minimum atomic E-state index is 0. The van der Waals surface area contributed by atoms with E-state index in [-0.39, 0.29) is 12.4 Å². The van der Waals surface area contributed by atoms with Crippen molar-refractivity contribution in [1.82, 2.24) is 0 Å². The summed E-state index contributed by atoms with van der Waals surface area (Å²) in [5, 5.41) is 0. The lowest BCUT2D eigenvalue weighted by atomic mass is 10.3. The lowest BCUT2D eigenvalue weighted by Crippen LogP contribution is -1.86. The van der Waals surface area contributed by atoms with E-state index in [0.717, 1.165) is 11.4 Å². The monoisotopic (exact) mass is 182 g/mol. The van der Waals surface area contributed by atoms with Gasteiger partial charge in [-0.2, -0.15) is 0 Å². The number of hydrogen-bond donors (Lipinski definition) is 0. The average molecular weight is 183 g/mol. The second-order valence-electron chi connectivity index (χ2n) is 2.08. The van der Waals surface area contributed by atoms with Crippen molar-refractivity contribution in [2.45, 2.75) is 0 Å². The van der Waals surface area contributed by atoms with Crippen LogP contribution in [0, 0.1) is 0 Å². The van der Waals surface area contributed by atoms with E-state index in [1.54, 1.807) is 0 Å². The zero-order valence-corrected chi connectivity index (χ0v) is 6.99. The first-order chi connectivity index (χ1) is 5.47. The molecule has 0 amide bonds. The van der Waals surface area contributed by atoms with E-state index in [1.165, 1.54) is 12.7 Å². The predicted molar refractivity (Wildman–Crippen MR) is 51.0 cm³/mol. The molecule has 1 aliphatic rings. The molecule has 0 saturated heterocycles. The Balaban J connectivity index is 0.000000720. The molecule has 0 fully saturated rings. The number of ether oxygens (including phenoxy) is 1. The summed E-state index contributed by atoms with van der Waals surface area (Å²) >= 11 is 0. The normalized spacial score (nSPS) is 12.3. The summed E-state index contributed by atoms with van der Waals surface area (Å²) in [6.45, 7) is 0. The Morgan fingerprint density at radius 1 is 1.17 bits per heavy atom. The van der Waals surface area contributed by atoms with Crippen LogP contribution in [0.5, 0.6) is 5.75 Å². The molecule has 0 spiro atoms.